The summed E-state index contributed by atoms with van der Waals surface area (Å²) in [4.78, 5) is 19.4. The smallest absolute Gasteiger partial charge is 0.219 e. The summed E-state index contributed by atoms with van der Waals surface area (Å²) in [5, 5.41) is 5.74. The van der Waals surface area contributed by atoms with Gasteiger partial charge in [-0.25, -0.2) is 15.0 Å². The van der Waals surface area contributed by atoms with Gasteiger partial charge < -0.3 is 19.9 Å². The van der Waals surface area contributed by atoms with Crippen molar-refractivity contribution in [3.05, 3.63) is 73.2 Å². The number of fused-ring (bicyclic) bond motifs is 2. The van der Waals surface area contributed by atoms with E-state index in [1.807, 2.05) is 48.7 Å². The number of nitrogens with zero attached hydrogens (tertiary/aromatic N) is 4. The van der Waals surface area contributed by atoms with Crippen LogP contribution in [0.15, 0.2) is 73.2 Å². The van der Waals surface area contributed by atoms with Crippen LogP contribution in [0, 0.1) is 5.92 Å². The highest BCUT2D eigenvalue weighted by atomic mass is 16.5. The number of para-hydroxylation sites is 1. The van der Waals surface area contributed by atoms with Gasteiger partial charge in [0.25, 0.3) is 0 Å². The summed E-state index contributed by atoms with van der Waals surface area (Å²) in [7, 11) is 4.27. The van der Waals surface area contributed by atoms with Gasteiger partial charge in [-0.2, -0.15) is 0 Å². The van der Waals surface area contributed by atoms with Gasteiger partial charge in [0.05, 0.1) is 10.9 Å². The molecule has 0 amide bonds. The first-order valence-corrected chi connectivity index (χ1v) is 12.0. The number of hydrogen-bond acceptors (Lipinski definition) is 6. The first-order chi connectivity index (χ1) is 17.1. The number of hydrogen-bond donors (Lipinski definition) is 2. The highest BCUT2D eigenvalue weighted by Gasteiger charge is 2.30. The van der Waals surface area contributed by atoms with Crippen LogP contribution in [0.25, 0.3) is 33.1 Å². The molecule has 2 N–H and O–H groups in total. The van der Waals surface area contributed by atoms with E-state index in [2.05, 4.69) is 57.5 Å². The molecule has 0 atom stereocenters. The Morgan fingerprint density at radius 2 is 1.86 bits per heavy atom. The summed E-state index contributed by atoms with van der Waals surface area (Å²) in [5.74, 6) is 2.96. The number of rotatable bonds is 7. The Hall–Kier alpha value is -3.97. The maximum Gasteiger partial charge on any atom is 0.219 e. The van der Waals surface area contributed by atoms with Crippen LogP contribution in [0.3, 0.4) is 0 Å². The van der Waals surface area contributed by atoms with E-state index < -0.39 is 0 Å². The summed E-state index contributed by atoms with van der Waals surface area (Å²) in [6, 6.07) is 20.4. The number of benzene rings is 2. The molecule has 0 saturated heterocycles. The molecule has 6 rings (SSSR count). The second kappa shape index (κ2) is 9.00. The van der Waals surface area contributed by atoms with E-state index in [-0.39, 0.29) is 0 Å². The third kappa shape index (κ3) is 4.42. The third-order valence-corrected chi connectivity index (χ3v) is 6.61. The van der Waals surface area contributed by atoms with Gasteiger partial charge in [-0.15, -0.1) is 0 Å². The monoisotopic (exact) mass is 464 g/mol. The molecule has 176 valence electrons. The molecule has 0 aliphatic heterocycles. The van der Waals surface area contributed by atoms with Crippen molar-refractivity contribution in [2.75, 3.05) is 26.0 Å². The molecule has 0 radical (unpaired) electrons. The Balaban J connectivity index is 1.30. The van der Waals surface area contributed by atoms with Crippen LogP contribution >= 0.6 is 0 Å². The van der Waals surface area contributed by atoms with E-state index in [4.69, 9.17) is 9.72 Å². The van der Waals surface area contributed by atoms with E-state index in [0.717, 1.165) is 69.9 Å². The van der Waals surface area contributed by atoms with Crippen LogP contribution in [0.5, 0.6) is 11.6 Å². The fourth-order valence-electron chi connectivity index (χ4n) is 4.94. The Bertz CT molecular complexity index is 1470. The Kier molecular flexibility index (Phi) is 5.54. The number of pyridine rings is 1. The number of aromatic nitrogens is 4. The zero-order valence-electron chi connectivity index (χ0n) is 19.9. The minimum absolute atomic E-state index is 0.441. The van der Waals surface area contributed by atoms with Crippen molar-refractivity contribution in [3.63, 3.8) is 0 Å². The average molecular weight is 465 g/mol. The van der Waals surface area contributed by atoms with Crippen LogP contribution < -0.4 is 10.1 Å². The van der Waals surface area contributed by atoms with Crippen molar-refractivity contribution in [1.82, 2.24) is 24.8 Å². The van der Waals surface area contributed by atoms with Crippen LogP contribution in [0.1, 0.15) is 12.8 Å². The zero-order chi connectivity index (χ0) is 23.8. The molecule has 0 spiro atoms. The van der Waals surface area contributed by atoms with Crippen LogP contribution in [-0.2, 0) is 0 Å². The van der Waals surface area contributed by atoms with Crippen molar-refractivity contribution in [2.45, 2.75) is 18.9 Å². The number of anilines is 1. The standard InChI is InChI=1S/C28H28N6O/c1-34(2)16-18-12-21(13-18)32-28-26-23(15-29-27(26)30-17-31-28)20-9-8-19-10-11-25(33-24(19)14-20)35-22-6-4-3-5-7-22/h3-11,14-15,17-18,21H,12-13,16H2,1-2H3,(H2,29,30,31,32). The fourth-order valence-corrected chi connectivity index (χ4v) is 4.94. The SMILES string of the molecule is CN(C)CC1CC(Nc2ncnc3[nH]cc(-c4ccc5ccc(Oc6ccccc6)nc5c4)c23)C1. The highest BCUT2D eigenvalue weighted by molar-refractivity contribution is 6.02. The lowest BCUT2D eigenvalue weighted by atomic mass is 9.80. The van der Waals surface area contributed by atoms with Crippen molar-refractivity contribution < 1.29 is 4.74 Å². The summed E-state index contributed by atoms with van der Waals surface area (Å²) >= 11 is 0. The lowest BCUT2D eigenvalue weighted by Gasteiger charge is -2.37. The highest BCUT2D eigenvalue weighted by Crippen LogP contribution is 2.36. The molecule has 35 heavy (non-hydrogen) atoms. The van der Waals surface area contributed by atoms with Crippen LogP contribution in [0.2, 0.25) is 0 Å². The number of aromatic amines is 1. The van der Waals surface area contributed by atoms with Gasteiger partial charge in [0.15, 0.2) is 0 Å². The maximum atomic E-state index is 5.95. The van der Waals surface area contributed by atoms with Crippen molar-refractivity contribution >= 4 is 27.8 Å². The molecule has 3 heterocycles. The molecule has 1 aliphatic carbocycles. The van der Waals surface area contributed by atoms with Crippen LogP contribution in [0.4, 0.5) is 5.82 Å². The first-order valence-electron chi connectivity index (χ1n) is 12.0. The Labute approximate surface area is 204 Å². The molecular weight excluding hydrogens is 436 g/mol. The van der Waals surface area contributed by atoms with E-state index >= 15 is 0 Å². The Morgan fingerprint density at radius 3 is 2.69 bits per heavy atom. The summed E-state index contributed by atoms with van der Waals surface area (Å²) in [6.45, 7) is 1.13. The predicted molar refractivity (Wildman–Crippen MR) is 140 cm³/mol. The summed E-state index contributed by atoms with van der Waals surface area (Å²) < 4.78 is 5.95. The summed E-state index contributed by atoms with van der Waals surface area (Å²) in [5.41, 5.74) is 3.83. The largest absolute Gasteiger partial charge is 0.439 e. The molecule has 1 saturated carbocycles. The van der Waals surface area contributed by atoms with E-state index in [1.54, 1.807) is 6.33 Å². The molecule has 7 heteroatoms. The van der Waals surface area contributed by atoms with Gasteiger partial charge in [0, 0.05) is 35.8 Å². The van der Waals surface area contributed by atoms with Crippen molar-refractivity contribution in [1.29, 1.82) is 0 Å². The molecular formula is C28H28N6O. The fraction of sp³-hybridized carbons (Fsp3) is 0.250. The minimum atomic E-state index is 0.441. The first kappa shape index (κ1) is 21.6. The van der Waals surface area contributed by atoms with Gasteiger partial charge in [-0.05, 0) is 62.7 Å². The lowest BCUT2D eigenvalue weighted by molar-refractivity contribution is 0.212. The molecule has 1 aliphatic rings. The molecule has 5 aromatic rings. The number of nitrogens with one attached hydrogen (secondary N) is 2. The predicted octanol–water partition coefficient (Wildman–Crippen LogP) is 5.72. The van der Waals surface area contributed by atoms with Gasteiger partial charge in [0.1, 0.15) is 23.5 Å². The number of H-pyrrole nitrogens is 1. The summed E-state index contributed by atoms with van der Waals surface area (Å²) in [6.07, 6.45) is 5.95. The normalized spacial score (nSPS) is 17.6. The van der Waals surface area contributed by atoms with E-state index in [9.17, 15) is 0 Å². The third-order valence-electron chi connectivity index (χ3n) is 6.61. The second-order valence-corrected chi connectivity index (χ2v) is 9.56. The maximum absolute atomic E-state index is 5.95. The molecule has 1 fully saturated rings. The lowest BCUT2D eigenvalue weighted by Crippen LogP contribution is -2.40. The Morgan fingerprint density at radius 1 is 1.03 bits per heavy atom. The molecule has 2 aromatic carbocycles. The molecule has 7 nitrogen and oxygen atoms in total. The van der Waals surface area contributed by atoms with Gasteiger partial charge in [0.2, 0.25) is 5.88 Å². The van der Waals surface area contributed by atoms with Crippen molar-refractivity contribution in [2.24, 2.45) is 5.92 Å². The molecule has 3 aromatic heterocycles. The average Bonchev–Trinajstić information content (AvgIpc) is 3.28. The van der Waals surface area contributed by atoms with Gasteiger partial charge >= 0.3 is 0 Å². The zero-order valence-corrected chi connectivity index (χ0v) is 19.9. The van der Waals surface area contributed by atoms with E-state index in [1.165, 1.54) is 0 Å². The minimum Gasteiger partial charge on any atom is -0.439 e. The number of ether oxygens (including phenoxy) is 1. The second-order valence-electron chi connectivity index (χ2n) is 9.56. The van der Waals surface area contributed by atoms with Crippen LogP contribution in [-0.4, -0.2) is 51.5 Å². The quantitative estimate of drug-likeness (QED) is 0.321. The van der Waals surface area contributed by atoms with Crippen molar-refractivity contribution in [3.8, 4) is 22.8 Å². The van der Waals surface area contributed by atoms with Gasteiger partial charge in [-0.3, -0.25) is 0 Å². The topological polar surface area (TPSA) is 79.0 Å². The molecule has 0 unspecified atom stereocenters. The molecule has 0 bridgehead atoms. The van der Waals surface area contributed by atoms with E-state index in [0.29, 0.717) is 11.9 Å². The van der Waals surface area contributed by atoms with Gasteiger partial charge in [-0.1, -0.05) is 30.3 Å².